The van der Waals surface area contributed by atoms with E-state index in [0.717, 1.165) is 18.4 Å². The topological polar surface area (TPSA) is 55.4 Å². The van der Waals surface area contributed by atoms with Crippen LogP contribution in [0.15, 0.2) is 18.2 Å². The maximum atomic E-state index is 12.9. The standard InChI is InChI=1S/C17H19ClFNO3/c18-14-8-13(19)3-4-15(14)20-16(21)9-23-17(22)7-12-6-10-1-2-11(12)5-10/h3-4,8,10-12H,1-2,5-7,9H2,(H,20,21)/t10-,11+,12-/m1/s1. The molecular formula is C17H19ClFNO3. The van der Waals surface area contributed by atoms with E-state index in [1.165, 1.54) is 31.4 Å². The lowest BCUT2D eigenvalue weighted by molar-refractivity contribution is -0.148. The molecule has 23 heavy (non-hydrogen) atoms. The molecule has 0 spiro atoms. The van der Waals surface area contributed by atoms with E-state index in [0.29, 0.717) is 23.9 Å². The zero-order valence-electron chi connectivity index (χ0n) is 12.7. The van der Waals surface area contributed by atoms with E-state index in [9.17, 15) is 14.0 Å². The first-order valence-electron chi connectivity index (χ1n) is 7.92. The monoisotopic (exact) mass is 339 g/mol. The molecule has 0 aromatic heterocycles. The smallest absolute Gasteiger partial charge is 0.306 e. The molecular weight excluding hydrogens is 321 g/mol. The number of rotatable bonds is 5. The van der Waals surface area contributed by atoms with Gasteiger partial charge >= 0.3 is 5.97 Å². The molecule has 0 heterocycles. The van der Waals surface area contributed by atoms with E-state index < -0.39 is 11.7 Å². The summed E-state index contributed by atoms with van der Waals surface area (Å²) in [5.74, 6) is 0.546. The van der Waals surface area contributed by atoms with Crippen LogP contribution in [0.3, 0.4) is 0 Å². The number of hydrogen-bond donors (Lipinski definition) is 1. The van der Waals surface area contributed by atoms with Crippen LogP contribution in [0.1, 0.15) is 32.1 Å². The van der Waals surface area contributed by atoms with Crippen molar-refractivity contribution in [3.8, 4) is 0 Å². The number of esters is 1. The Morgan fingerprint density at radius 2 is 2.13 bits per heavy atom. The number of halogens is 2. The maximum Gasteiger partial charge on any atom is 0.306 e. The highest BCUT2D eigenvalue weighted by Gasteiger charge is 2.40. The van der Waals surface area contributed by atoms with Gasteiger partial charge in [-0.15, -0.1) is 0 Å². The fraction of sp³-hybridized carbons (Fsp3) is 0.529. The highest BCUT2D eigenvalue weighted by molar-refractivity contribution is 6.33. The minimum Gasteiger partial charge on any atom is -0.456 e. The number of fused-ring (bicyclic) bond motifs is 2. The van der Waals surface area contributed by atoms with Gasteiger partial charge in [-0.2, -0.15) is 0 Å². The lowest BCUT2D eigenvalue weighted by atomic mass is 9.86. The maximum absolute atomic E-state index is 12.9. The molecule has 2 aliphatic carbocycles. The van der Waals surface area contributed by atoms with Gasteiger partial charge in [0, 0.05) is 6.42 Å². The molecule has 124 valence electrons. The van der Waals surface area contributed by atoms with E-state index in [1.54, 1.807) is 0 Å². The van der Waals surface area contributed by atoms with Crippen molar-refractivity contribution in [2.24, 2.45) is 17.8 Å². The Bertz CT molecular complexity index is 622. The predicted molar refractivity (Wildman–Crippen MR) is 84.6 cm³/mol. The van der Waals surface area contributed by atoms with Gasteiger partial charge in [0.15, 0.2) is 6.61 Å². The molecule has 4 nitrogen and oxygen atoms in total. The average Bonchev–Trinajstić information content (AvgIpc) is 3.11. The number of benzene rings is 1. The van der Waals surface area contributed by atoms with E-state index in [2.05, 4.69) is 5.32 Å². The van der Waals surface area contributed by atoms with Crippen molar-refractivity contribution in [3.05, 3.63) is 29.0 Å². The number of carbonyl (C=O) groups excluding carboxylic acids is 2. The van der Waals surface area contributed by atoms with Crippen LogP contribution in [0.4, 0.5) is 10.1 Å². The lowest BCUT2D eigenvalue weighted by Crippen LogP contribution is -2.23. The first-order valence-corrected chi connectivity index (χ1v) is 8.29. The van der Waals surface area contributed by atoms with Crippen LogP contribution in [-0.4, -0.2) is 18.5 Å². The molecule has 0 radical (unpaired) electrons. The van der Waals surface area contributed by atoms with Gasteiger partial charge in [-0.3, -0.25) is 9.59 Å². The first kappa shape index (κ1) is 16.2. The summed E-state index contributed by atoms with van der Waals surface area (Å²) < 4.78 is 18.0. The predicted octanol–water partition coefficient (Wildman–Crippen LogP) is 3.79. The summed E-state index contributed by atoms with van der Waals surface area (Å²) in [6.07, 6.45) is 5.24. The second-order valence-corrected chi connectivity index (χ2v) is 6.88. The summed E-state index contributed by atoms with van der Waals surface area (Å²) in [6.45, 7) is -0.354. The fourth-order valence-electron chi connectivity index (χ4n) is 3.82. The summed E-state index contributed by atoms with van der Waals surface area (Å²) in [5.41, 5.74) is 0.294. The van der Waals surface area contributed by atoms with E-state index in [4.69, 9.17) is 16.3 Å². The number of amides is 1. The summed E-state index contributed by atoms with van der Waals surface area (Å²) in [5, 5.41) is 2.60. The molecule has 2 fully saturated rings. The molecule has 0 unspecified atom stereocenters. The molecule has 6 heteroatoms. The SMILES string of the molecule is O=C(COC(=O)C[C@H]1C[C@@H]2CC[C@H]1C2)Nc1ccc(F)cc1Cl. The van der Waals surface area contributed by atoms with Crippen LogP contribution in [-0.2, 0) is 14.3 Å². The average molecular weight is 340 g/mol. The Kier molecular flexibility index (Phi) is 4.85. The Morgan fingerprint density at radius 1 is 1.30 bits per heavy atom. The Morgan fingerprint density at radius 3 is 2.78 bits per heavy atom. The minimum atomic E-state index is -0.486. The van der Waals surface area contributed by atoms with Gasteiger partial charge in [-0.1, -0.05) is 18.0 Å². The summed E-state index contributed by atoms with van der Waals surface area (Å²) in [6, 6.07) is 3.67. The van der Waals surface area contributed by atoms with Gasteiger partial charge in [0.2, 0.25) is 0 Å². The summed E-state index contributed by atoms with van der Waals surface area (Å²) >= 11 is 5.82. The molecule has 1 aromatic carbocycles. The van der Waals surface area contributed by atoms with Gasteiger partial charge in [-0.25, -0.2) is 4.39 Å². The van der Waals surface area contributed by atoms with Gasteiger partial charge < -0.3 is 10.1 Å². The lowest BCUT2D eigenvalue weighted by Gasteiger charge is -2.20. The Labute approximate surface area is 139 Å². The fourth-order valence-corrected chi connectivity index (χ4v) is 4.04. The molecule has 0 aliphatic heterocycles. The molecule has 1 aromatic rings. The number of carbonyl (C=O) groups is 2. The molecule has 2 aliphatic rings. The molecule has 3 atom stereocenters. The minimum absolute atomic E-state index is 0.103. The second kappa shape index (κ2) is 6.87. The van der Waals surface area contributed by atoms with Gasteiger partial charge in [0.1, 0.15) is 5.82 Å². The Hall–Kier alpha value is -1.62. The van der Waals surface area contributed by atoms with Gasteiger partial charge in [0.05, 0.1) is 10.7 Å². The van der Waals surface area contributed by atoms with Crippen molar-refractivity contribution in [2.45, 2.75) is 32.1 Å². The van der Waals surface area contributed by atoms with Gasteiger partial charge in [0.25, 0.3) is 5.91 Å². The zero-order valence-corrected chi connectivity index (χ0v) is 13.4. The van der Waals surface area contributed by atoms with E-state index in [1.807, 2.05) is 0 Å². The van der Waals surface area contributed by atoms with Crippen molar-refractivity contribution in [2.75, 3.05) is 11.9 Å². The van der Waals surface area contributed by atoms with Gasteiger partial charge in [-0.05, 0) is 55.2 Å². The van der Waals surface area contributed by atoms with Crippen LogP contribution < -0.4 is 5.32 Å². The van der Waals surface area contributed by atoms with Crippen molar-refractivity contribution >= 4 is 29.2 Å². The van der Waals surface area contributed by atoms with Crippen LogP contribution in [0.5, 0.6) is 0 Å². The number of nitrogens with one attached hydrogen (secondary N) is 1. The van der Waals surface area contributed by atoms with Crippen LogP contribution in [0.25, 0.3) is 0 Å². The quantitative estimate of drug-likeness (QED) is 0.830. The number of ether oxygens (including phenoxy) is 1. The van der Waals surface area contributed by atoms with E-state index in [-0.39, 0.29) is 17.6 Å². The molecule has 1 amide bonds. The highest BCUT2D eigenvalue weighted by Crippen LogP contribution is 2.49. The normalized spacial score (nSPS) is 25.4. The summed E-state index contributed by atoms with van der Waals surface area (Å²) in [7, 11) is 0. The number of anilines is 1. The van der Waals surface area contributed by atoms with E-state index >= 15 is 0 Å². The largest absolute Gasteiger partial charge is 0.456 e. The third-order valence-electron chi connectivity index (χ3n) is 4.88. The number of hydrogen-bond acceptors (Lipinski definition) is 3. The van der Waals surface area contributed by atoms with Crippen LogP contribution >= 0.6 is 11.6 Å². The third kappa shape index (κ3) is 4.02. The van der Waals surface area contributed by atoms with Crippen LogP contribution in [0, 0.1) is 23.6 Å². The van der Waals surface area contributed by atoms with Crippen molar-refractivity contribution < 1.29 is 18.7 Å². The van der Waals surface area contributed by atoms with Crippen molar-refractivity contribution in [1.82, 2.24) is 0 Å². The first-order chi connectivity index (χ1) is 11.0. The highest BCUT2D eigenvalue weighted by atomic mass is 35.5. The summed E-state index contributed by atoms with van der Waals surface area (Å²) in [4.78, 5) is 23.6. The van der Waals surface area contributed by atoms with Crippen molar-refractivity contribution in [3.63, 3.8) is 0 Å². The molecule has 1 N–H and O–H groups in total. The van der Waals surface area contributed by atoms with Crippen LogP contribution in [0.2, 0.25) is 5.02 Å². The van der Waals surface area contributed by atoms with Crippen molar-refractivity contribution in [1.29, 1.82) is 0 Å². The second-order valence-electron chi connectivity index (χ2n) is 6.47. The zero-order chi connectivity index (χ0) is 16.4. The Balaban J connectivity index is 1.42. The molecule has 2 saturated carbocycles. The molecule has 2 bridgehead atoms. The molecule has 3 rings (SSSR count). The third-order valence-corrected chi connectivity index (χ3v) is 5.20. The molecule has 0 saturated heterocycles.